The Hall–Kier alpha value is -0.980. The molecule has 18 heavy (non-hydrogen) atoms. The van der Waals surface area contributed by atoms with E-state index in [1.54, 1.807) is 11.8 Å². The third-order valence-corrected chi connectivity index (χ3v) is 3.84. The summed E-state index contributed by atoms with van der Waals surface area (Å²) in [7, 11) is 0. The quantitative estimate of drug-likeness (QED) is 0.569. The molecule has 0 radical (unpaired) electrons. The standard InChI is InChI=1S/C15H22N2S/c1-3-5-9-18-15-7-6-13(10-14(15)11-16)12-17-8-4-2/h6-7,10,17H,3-5,8-9,12H2,1-2H3. The highest BCUT2D eigenvalue weighted by Gasteiger charge is 2.04. The molecule has 0 saturated carbocycles. The van der Waals surface area contributed by atoms with Gasteiger partial charge in [-0.3, -0.25) is 0 Å². The third-order valence-electron chi connectivity index (χ3n) is 2.68. The second kappa shape index (κ2) is 9.02. The van der Waals surface area contributed by atoms with Crippen molar-refractivity contribution in [2.45, 2.75) is 44.6 Å². The highest BCUT2D eigenvalue weighted by Crippen LogP contribution is 2.24. The van der Waals surface area contributed by atoms with Crippen LogP contribution in [-0.2, 0) is 6.54 Å². The van der Waals surface area contributed by atoms with Crippen LogP contribution in [-0.4, -0.2) is 12.3 Å². The molecule has 1 aromatic rings. The molecule has 98 valence electrons. The first-order valence-corrected chi connectivity index (χ1v) is 7.66. The molecule has 0 aliphatic heterocycles. The van der Waals surface area contributed by atoms with Crippen LogP contribution in [0.4, 0.5) is 0 Å². The van der Waals surface area contributed by atoms with E-state index >= 15 is 0 Å². The van der Waals surface area contributed by atoms with Crippen LogP contribution in [0.25, 0.3) is 0 Å². The molecule has 0 atom stereocenters. The number of hydrogen-bond acceptors (Lipinski definition) is 3. The van der Waals surface area contributed by atoms with Crippen molar-refractivity contribution in [2.24, 2.45) is 0 Å². The number of nitrogens with zero attached hydrogens (tertiary/aromatic N) is 1. The number of rotatable bonds is 8. The molecule has 0 saturated heterocycles. The SMILES string of the molecule is CCCCSc1ccc(CNCCC)cc1C#N. The third kappa shape index (κ3) is 5.12. The van der Waals surface area contributed by atoms with Gasteiger partial charge in [0.1, 0.15) is 6.07 Å². The number of nitrogens with one attached hydrogen (secondary N) is 1. The minimum Gasteiger partial charge on any atom is -0.313 e. The Kier molecular flexibility index (Phi) is 7.55. The molecule has 0 spiro atoms. The topological polar surface area (TPSA) is 35.8 Å². The molecule has 0 heterocycles. The lowest BCUT2D eigenvalue weighted by Crippen LogP contribution is -2.13. The van der Waals surface area contributed by atoms with Crippen molar-refractivity contribution < 1.29 is 0 Å². The first-order valence-electron chi connectivity index (χ1n) is 6.68. The van der Waals surface area contributed by atoms with Gasteiger partial charge in [0, 0.05) is 11.4 Å². The summed E-state index contributed by atoms with van der Waals surface area (Å²) in [5.41, 5.74) is 2.01. The fourth-order valence-corrected chi connectivity index (χ4v) is 2.71. The van der Waals surface area contributed by atoms with Gasteiger partial charge in [-0.1, -0.05) is 26.3 Å². The molecule has 0 fully saturated rings. The van der Waals surface area contributed by atoms with Crippen LogP contribution in [0.5, 0.6) is 0 Å². The molecule has 0 unspecified atom stereocenters. The monoisotopic (exact) mass is 262 g/mol. The van der Waals surface area contributed by atoms with E-state index in [1.807, 2.05) is 6.07 Å². The number of nitriles is 1. The Balaban J connectivity index is 2.62. The second-order valence-electron chi connectivity index (χ2n) is 4.32. The van der Waals surface area contributed by atoms with E-state index in [0.29, 0.717) is 0 Å². The molecule has 0 aliphatic rings. The van der Waals surface area contributed by atoms with Gasteiger partial charge in [-0.25, -0.2) is 0 Å². The first kappa shape index (κ1) is 15.1. The summed E-state index contributed by atoms with van der Waals surface area (Å²) in [6.45, 7) is 6.22. The Morgan fingerprint density at radius 1 is 1.28 bits per heavy atom. The lowest BCUT2D eigenvalue weighted by atomic mass is 10.1. The average molecular weight is 262 g/mol. The predicted octanol–water partition coefficient (Wildman–Crippen LogP) is 3.95. The largest absolute Gasteiger partial charge is 0.313 e. The highest BCUT2D eigenvalue weighted by atomic mass is 32.2. The highest BCUT2D eigenvalue weighted by molar-refractivity contribution is 7.99. The zero-order chi connectivity index (χ0) is 13.2. The maximum Gasteiger partial charge on any atom is 0.100 e. The van der Waals surface area contributed by atoms with Crippen molar-refractivity contribution in [3.05, 3.63) is 29.3 Å². The van der Waals surface area contributed by atoms with Gasteiger partial charge in [0.25, 0.3) is 0 Å². The van der Waals surface area contributed by atoms with E-state index in [9.17, 15) is 5.26 Å². The summed E-state index contributed by atoms with van der Waals surface area (Å²) < 4.78 is 0. The first-order chi connectivity index (χ1) is 8.81. The zero-order valence-corrected chi connectivity index (χ0v) is 12.1. The molecular weight excluding hydrogens is 240 g/mol. The average Bonchev–Trinajstić information content (AvgIpc) is 2.40. The second-order valence-corrected chi connectivity index (χ2v) is 5.46. The maximum atomic E-state index is 9.19. The van der Waals surface area contributed by atoms with E-state index < -0.39 is 0 Å². The van der Waals surface area contributed by atoms with Crippen LogP contribution in [0.1, 0.15) is 44.2 Å². The van der Waals surface area contributed by atoms with Crippen molar-refractivity contribution >= 4 is 11.8 Å². The Bertz CT molecular complexity index is 396. The van der Waals surface area contributed by atoms with Gasteiger partial charge in [0.2, 0.25) is 0 Å². The van der Waals surface area contributed by atoms with Gasteiger partial charge < -0.3 is 5.32 Å². The van der Waals surface area contributed by atoms with Crippen molar-refractivity contribution in [1.29, 1.82) is 5.26 Å². The number of unbranched alkanes of at least 4 members (excludes halogenated alkanes) is 1. The van der Waals surface area contributed by atoms with Gasteiger partial charge in [-0.2, -0.15) is 5.26 Å². The normalized spacial score (nSPS) is 10.3. The van der Waals surface area contributed by atoms with Gasteiger partial charge >= 0.3 is 0 Å². The van der Waals surface area contributed by atoms with Crippen LogP contribution < -0.4 is 5.32 Å². The van der Waals surface area contributed by atoms with Gasteiger partial charge in [0.15, 0.2) is 0 Å². The van der Waals surface area contributed by atoms with Crippen LogP contribution >= 0.6 is 11.8 Å². The van der Waals surface area contributed by atoms with Crippen molar-refractivity contribution in [3.8, 4) is 6.07 Å². The minimum absolute atomic E-state index is 0.812. The smallest absolute Gasteiger partial charge is 0.100 e. The van der Waals surface area contributed by atoms with E-state index in [4.69, 9.17) is 0 Å². The Morgan fingerprint density at radius 3 is 2.78 bits per heavy atom. The molecule has 0 amide bonds. The molecule has 2 nitrogen and oxygen atoms in total. The van der Waals surface area contributed by atoms with E-state index in [0.717, 1.165) is 35.7 Å². The summed E-state index contributed by atoms with van der Waals surface area (Å²) in [5, 5.41) is 12.5. The predicted molar refractivity (Wildman–Crippen MR) is 78.8 cm³/mol. The van der Waals surface area contributed by atoms with E-state index in [-0.39, 0.29) is 0 Å². The fraction of sp³-hybridized carbons (Fsp3) is 0.533. The van der Waals surface area contributed by atoms with E-state index in [2.05, 4.69) is 37.4 Å². The lowest BCUT2D eigenvalue weighted by molar-refractivity contribution is 0.675. The Labute approximate surface area is 115 Å². The molecule has 3 heteroatoms. The van der Waals surface area contributed by atoms with Crippen LogP contribution in [0, 0.1) is 11.3 Å². The number of thioether (sulfide) groups is 1. The van der Waals surface area contributed by atoms with Crippen molar-refractivity contribution in [3.63, 3.8) is 0 Å². The molecule has 1 aromatic carbocycles. The molecule has 0 bridgehead atoms. The molecule has 0 aliphatic carbocycles. The minimum atomic E-state index is 0.812. The fourth-order valence-electron chi connectivity index (χ4n) is 1.64. The molecule has 0 aromatic heterocycles. The Morgan fingerprint density at radius 2 is 2.11 bits per heavy atom. The summed E-state index contributed by atoms with van der Waals surface area (Å²) in [6, 6.07) is 8.52. The molecule has 1 N–H and O–H groups in total. The summed E-state index contributed by atoms with van der Waals surface area (Å²) in [6.07, 6.45) is 3.54. The van der Waals surface area contributed by atoms with Gasteiger partial charge in [0.05, 0.1) is 5.56 Å². The summed E-state index contributed by atoms with van der Waals surface area (Å²) in [5.74, 6) is 1.10. The maximum absolute atomic E-state index is 9.19. The molecule has 1 rings (SSSR count). The van der Waals surface area contributed by atoms with Gasteiger partial charge in [-0.15, -0.1) is 11.8 Å². The number of hydrogen-bond donors (Lipinski definition) is 1. The number of benzene rings is 1. The van der Waals surface area contributed by atoms with Crippen LogP contribution in [0.3, 0.4) is 0 Å². The summed E-state index contributed by atoms with van der Waals surface area (Å²) in [4.78, 5) is 1.12. The van der Waals surface area contributed by atoms with Crippen LogP contribution in [0.15, 0.2) is 23.1 Å². The van der Waals surface area contributed by atoms with Gasteiger partial charge in [-0.05, 0) is 42.8 Å². The molecular formula is C15H22N2S. The van der Waals surface area contributed by atoms with Crippen LogP contribution in [0.2, 0.25) is 0 Å². The zero-order valence-electron chi connectivity index (χ0n) is 11.3. The van der Waals surface area contributed by atoms with E-state index in [1.165, 1.54) is 18.4 Å². The van der Waals surface area contributed by atoms with Crippen molar-refractivity contribution in [2.75, 3.05) is 12.3 Å². The van der Waals surface area contributed by atoms with Crippen molar-refractivity contribution in [1.82, 2.24) is 5.32 Å². The lowest BCUT2D eigenvalue weighted by Gasteiger charge is -2.07. The summed E-state index contributed by atoms with van der Waals surface area (Å²) >= 11 is 1.79.